The van der Waals surface area contributed by atoms with E-state index < -0.39 is 11.6 Å². The standard InChI is InChI=1S/C27H31NO4S2/c1-28(14-7-15-31-20-8-3-2-4-9-20)22-18-19-12-13-21(22)25(19)32-26(29)27(30,23-10-5-16-33-23)24-11-6-17-34-24/h2-6,8-11,16-17,19,21-22,25,30H,7,12-15,18H2,1H3. The lowest BCUT2D eigenvalue weighted by atomic mass is 9.94. The number of fused-ring (bicyclic) bond motifs is 2. The first-order valence-electron chi connectivity index (χ1n) is 12.0. The van der Waals surface area contributed by atoms with Crippen molar-refractivity contribution in [3.8, 4) is 5.75 Å². The summed E-state index contributed by atoms with van der Waals surface area (Å²) in [5.74, 6) is 1.03. The summed E-state index contributed by atoms with van der Waals surface area (Å²) in [4.78, 5) is 17.1. The van der Waals surface area contributed by atoms with E-state index in [4.69, 9.17) is 9.47 Å². The molecular weight excluding hydrogens is 466 g/mol. The zero-order valence-electron chi connectivity index (χ0n) is 19.3. The minimum absolute atomic E-state index is 0.132. The lowest BCUT2D eigenvalue weighted by molar-refractivity contribution is -0.170. The van der Waals surface area contributed by atoms with E-state index in [1.807, 2.05) is 65.4 Å². The van der Waals surface area contributed by atoms with Crippen molar-refractivity contribution in [2.45, 2.75) is 43.4 Å². The van der Waals surface area contributed by atoms with Gasteiger partial charge in [0.15, 0.2) is 0 Å². The molecular formula is C27H31NO4S2. The molecule has 7 heteroatoms. The summed E-state index contributed by atoms with van der Waals surface area (Å²) in [5.41, 5.74) is -1.74. The Labute approximate surface area is 209 Å². The number of rotatable bonds is 10. The van der Waals surface area contributed by atoms with E-state index >= 15 is 0 Å². The van der Waals surface area contributed by atoms with Crippen LogP contribution < -0.4 is 4.74 Å². The van der Waals surface area contributed by atoms with Crippen molar-refractivity contribution >= 4 is 28.6 Å². The zero-order valence-corrected chi connectivity index (χ0v) is 21.0. The number of aliphatic hydroxyl groups is 1. The summed E-state index contributed by atoms with van der Waals surface area (Å²) in [5, 5.41) is 15.4. The van der Waals surface area contributed by atoms with Crippen LogP contribution in [0.2, 0.25) is 0 Å². The number of hydrogen-bond acceptors (Lipinski definition) is 7. The molecule has 1 N–H and O–H groups in total. The van der Waals surface area contributed by atoms with Gasteiger partial charge in [0.2, 0.25) is 5.60 Å². The van der Waals surface area contributed by atoms with Crippen LogP contribution in [0, 0.1) is 11.8 Å². The monoisotopic (exact) mass is 497 g/mol. The smallest absolute Gasteiger partial charge is 0.349 e. The van der Waals surface area contributed by atoms with Gasteiger partial charge in [-0.1, -0.05) is 30.3 Å². The van der Waals surface area contributed by atoms with E-state index in [0.717, 1.165) is 38.0 Å². The molecule has 0 radical (unpaired) electrons. The first-order chi connectivity index (χ1) is 16.6. The molecule has 4 unspecified atom stereocenters. The van der Waals surface area contributed by atoms with Gasteiger partial charge in [-0.15, -0.1) is 22.7 Å². The van der Waals surface area contributed by atoms with Gasteiger partial charge >= 0.3 is 5.97 Å². The summed E-state index contributed by atoms with van der Waals surface area (Å²) in [6, 6.07) is 17.6. The van der Waals surface area contributed by atoms with Gasteiger partial charge in [-0.2, -0.15) is 0 Å². The Hall–Kier alpha value is -2.19. The lowest BCUT2D eigenvalue weighted by Crippen LogP contribution is -2.42. The molecule has 2 aliphatic rings. The molecule has 0 spiro atoms. The number of hydrogen-bond donors (Lipinski definition) is 1. The maximum Gasteiger partial charge on any atom is 0.349 e. The number of para-hydroxylation sites is 1. The number of ether oxygens (including phenoxy) is 2. The van der Waals surface area contributed by atoms with Gasteiger partial charge < -0.3 is 19.5 Å². The summed E-state index contributed by atoms with van der Waals surface area (Å²) in [6.07, 6.45) is 4.00. The third kappa shape index (κ3) is 4.54. The predicted molar refractivity (Wildman–Crippen MR) is 135 cm³/mol. The molecule has 0 aliphatic heterocycles. The van der Waals surface area contributed by atoms with E-state index in [2.05, 4.69) is 11.9 Å². The SMILES string of the molecule is CN(CCCOc1ccccc1)C1CC2CCC1C2OC(=O)C(O)(c1cccs1)c1cccs1. The largest absolute Gasteiger partial charge is 0.494 e. The molecule has 2 fully saturated rings. The number of carbonyl (C=O) groups is 1. The highest BCUT2D eigenvalue weighted by Crippen LogP contribution is 2.49. The van der Waals surface area contributed by atoms with Crippen LogP contribution in [-0.2, 0) is 15.1 Å². The van der Waals surface area contributed by atoms with Gasteiger partial charge in [0.1, 0.15) is 11.9 Å². The van der Waals surface area contributed by atoms with Crippen molar-refractivity contribution in [3.63, 3.8) is 0 Å². The first kappa shape index (κ1) is 23.5. The Bertz CT molecular complexity index is 1020. The second kappa shape index (κ2) is 10.2. The second-order valence-corrected chi connectivity index (χ2v) is 11.2. The Morgan fingerprint density at radius 2 is 1.76 bits per heavy atom. The van der Waals surface area contributed by atoms with Crippen molar-refractivity contribution in [1.82, 2.24) is 4.90 Å². The minimum Gasteiger partial charge on any atom is -0.494 e. The van der Waals surface area contributed by atoms with Gasteiger partial charge in [-0.3, -0.25) is 0 Å². The van der Waals surface area contributed by atoms with Crippen LogP contribution in [0.1, 0.15) is 35.4 Å². The summed E-state index contributed by atoms with van der Waals surface area (Å²) in [7, 11) is 2.17. The van der Waals surface area contributed by atoms with Crippen LogP contribution in [-0.4, -0.2) is 48.3 Å². The number of nitrogens with zero attached hydrogens (tertiary/aromatic N) is 1. The highest BCUT2D eigenvalue weighted by atomic mass is 32.1. The molecule has 34 heavy (non-hydrogen) atoms. The fourth-order valence-electron chi connectivity index (χ4n) is 5.61. The molecule has 2 bridgehead atoms. The van der Waals surface area contributed by atoms with Crippen LogP contribution in [0.5, 0.6) is 5.75 Å². The van der Waals surface area contributed by atoms with Crippen molar-refractivity contribution in [3.05, 3.63) is 75.1 Å². The van der Waals surface area contributed by atoms with Crippen LogP contribution in [0.3, 0.4) is 0 Å². The fraction of sp³-hybridized carbons (Fsp3) is 0.444. The summed E-state index contributed by atoms with van der Waals surface area (Å²) < 4.78 is 12.0. The van der Waals surface area contributed by atoms with Crippen molar-refractivity contribution < 1.29 is 19.4 Å². The summed E-state index contributed by atoms with van der Waals surface area (Å²) in [6.45, 7) is 1.62. The molecule has 2 heterocycles. The van der Waals surface area contributed by atoms with Crippen molar-refractivity contribution in [2.75, 3.05) is 20.2 Å². The van der Waals surface area contributed by atoms with E-state index in [1.165, 1.54) is 22.7 Å². The Morgan fingerprint density at radius 3 is 2.41 bits per heavy atom. The van der Waals surface area contributed by atoms with Gasteiger partial charge in [0, 0.05) is 18.5 Å². The van der Waals surface area contributed by atoms with E-state index in [1.54, 1.807) is 0 Å². The molecule has 2 aromatic heterocycles. The third-order valence-electron chi connectivity index (χ3n) is 7.32. The quantitative estimate of drug-likeness (QED) is 0.310. The molecule has 0 saturated heterocycles. The summed E-state index contributed by atoms with van der Waals surface area (Å²) >= 11 is 2.76. The number of carbonyl (C=O) groups excluding carboxylic acids is 1. The van der Waals surface area contributed by atoms with E-state index in [0.29, 0.717) is 34.2 Å². The van der Waals surface area contributed by atoms with Crippen molar-refractivity contribution in [1.29, 1.82) is 0 Å². The van der Waals surface area contributed by atoms with E-state index in [-0.39, 0.29) is 6.10 Å². The molecule has 2 saturated carbocycles. The number of thiophene rings is 2. The van der Waals surface area contributed by atoms with Gasteiger partial charge in [-0.05, 0) is 73.7 Å². The average molecular weight is 498 g/mol. The molecule has 1 aromatic carbocycles. The maximum absolute atomic E-state index is 13.5. The normalized spacial score (nSPS) is 24.0. The number of benzene rings is 1. The third-order valence-corrected chi connectivity index (χ3v) is 9.28. The van der Waals surface area contributed by atoms with Crippen molar-refractivity contribution in [2.24, 2.45) is 11.8 Å². The Kier molecular flexibility index (Phi) is 7.06. The van der Waals surface area contributed by atoms with Gasteiger partial charge in [0.25, 0.3) is 0 Å². The Morgan fingerprint density at radius 1 is 1.06 bits per heavy atom. The van der Waals surface area contributed by atoms with Gasteiger partial charge in [-0.25, -0.2) is 4.79 Å². The van der Waals surface area contributed by atoms with Crippen LogP contribution in [0.25, 0.3) is 0 Å². The minimum atomic E-state index is -1.74. The van der Waals surface area contributed by atoms with Crippen LogP contribution in [0.4, 0.5) is 0 Å². The highest BCUT2D eigenvalue weighted by molar-refractivity contribution is 7.12. The average Bonchev–Trinajstić information content (AvgIpc) is 3.67. The fourth-order valence-corrected chi connectivity index (χ4v) is 7.32. The molecule has 2 aliphatic carbocycles. The van der Waals surface area contributed by atoms with Gasteiger partial charge in [0.05, 0.1) is 16.4 Å². The Balaban J connectivity index is 1.20. The molecule has 5 rings (SSSR count). The highest BCUT2D eigenvalue weighted by Gasteiger charge is 2.54. The molecule has 3 aromatic rings. The first-order valence-corrected chi connectivity index (χ1v) is 13.7. The molecule has 0 amide bonds. The van der Waals surface area contributed by atoms with Crippen LogP contribution >= 0.6 is 22.7 Å². The second-order valence-electron chi connectivity index (χ2n) is 9.33. The topological polar surface area (TPSA) is 59.0 Å². The predicted octanol–water partition coefficient (Wildman–Crippen LogP) is 5.16. The maximum atomic E-state index is 13.5. The molecule has 5 nitrogen and oxygen atoms in total. The number of esters is 1. The zero-order chi connectivity index (χ0) is 23.5. The molecule has 4 atom stereocenters. The lowest BCUT2D eigenvalue weighted by Gasteiger charge is -2.32. The van der Waals surface area contributed by atoms with E-state index in [9.17, 15) is 9.90 Å². The van der Waals surface area contributed by atoms with Crippen LogP contribution in [0.15, 0.2) is 65.4 Å². The molecule has 180 valence electrons.